The van der Waals surface area contributed by atoms with Gasteiger partial charge in [0.2, 0.25) is 0 Å². The van der Waals surface area contributed by atoms with Gasteiger partial charge >= 0.3 is 0 Å². The van der Waals surface area contributed by atoms with E-state index in [-0.39, 0.29) is 17.3 Å². The highest BCUT2D eigenvalue weighted by atomic mass is 35.5. The zero-order valence-corrected chi connectivity index (χ0v) is 14.6. The van der Waals surface area contributed by atoms with Crippen LogP contribution in [0.2, 0.25) is 5.02 Å². The lowest BCUT2D eigenvalue weighted by Crippen LogP contribution is -2.29. The predicted molar refractivity (Wildman–Crippen MR) is 94.8 cm³/mol. The van der Waals surface area contributed by atoms with E-state index in [0.29, 0.717) is 40.6 Å². The number of Topliss-reactive ketones (excluding diaryl/α,β-unsaturated/α-hetero) is 1. The number of halogens is 1. The number of pyridine rings is 1. The Morgan fingerprint density at radius 2 is 2.04 bits per heavy atom. The molecule has 0 unspecified atom stereocenters. The first-order valence-electron chi connectivity index (χ1n) is 7.83. The minimum Gasteiger partial charge on any atom is -0.495 e. The van der Waals surface area contributed by atoms with E-state index in [0.717, 1.165) is 0 Å². The lowest BCUT2D eigenvalue weighted by molar-refractivity contribution is 0.0952. The third-order valence-electron chi connectivity index (χ3n) is 4.16. The highest BCUT2D eigenvalue weighted by molar-refractivity contribution is 6.31. The Hall–Kier alpha value is -2.60. The van der Waals surface area contributed by atoms with Crippen molar-refractivity contribution in [2.75, 3.05) is 12.4 Å². The van der Waals surface area contributed by atoms with Gasteiger partial charge in [0.05, 0.1) is 12.8 Å². The summed E-state index contributed by atoms with van der Waals surface area (Å²) in [6, 6.07) is 6.13. The van der Waals surface area contributed by atoms with Crippen LogP contribution in [0, 0.1) is 5.92 Å². The van der Waals surface area contributed by atoms with Gasteiger partial charge < -0.3 is 15.0 Å². The van der Waals surface area contributed by atoms with Crippen LogP contribution in [0.4, 0.5) is 5.69 Å². The van der Waals surface area contributed by atoms with Crippen molar-refractivity contribution in [1.29, 1.82) is 0 Å². The quantitative estimate of drug-likeness (QED) is 0.880. The molecule has 0 fully saturated rings. The van der Waals surface area contributed by atoms with Crippen LogP contribution < -0.4 is 15.6 Å². The molecule has 0 saturated heterocycles. The average Bonchev–Trinajstić information content (AvgIpc) is 2.54. The fourth-order valence-corrected chi connectivity index (χ4v) is 3.13. The van der Waals surface area contributed by atoms with Crippen molar-refractivity contribution in [3.8, 4) is 5.75 Å². The van der Waals surface area contributed by atoms with Gasteiger partial charge in [0.25, 0.3) is 11.5 Å². The number of anilines is 1. The molecule has 1 amide bonds. The third kappa shape index (κ3) is 3.44. The maximum atomic E-state index is 12.5. The Morgan fingerprint density at radius 1 is 1.28 bits per heavy atom. The van der Waals surface area contributed by atoms with Crippen molar-refractivity contribution in [2.45, 2.75) is 19.8 Å². The normalized spacial score (nSPS) is 16.3. The second-order valence-corrected chi connectivity index (χ2v) is 6.58. The SMILES string of the molecule is COc1ccc(Cl)cc1NC(=O)c1cc2c([nH]c1=O)C[C@@H](C)CC2=O. The lowest BCUT2D eigenvalue weighted by Gasteiger charge is -2.20. The van der Waals surface area contributed by atoms with E-state index in [2.05, 4.69) is 10.3 Å². The van der Waals surface area contributed by atoms with E-state index >= 15 is 0 Å². The van der Waals surface area contributed by atoms with E-state index in [9.17, 15) is 14.4 Å². The number of methoxy groups -OCH3 is 1. The standard InChI is InChI=1S/C18H17ClN2O4/c1-9-5-13-11(15(22)6-9)8-12(17(23)20-13)18(24)21-14-7-10(19)3-4-16(14)25-2/h3-4,7-9H,5-6H2,1-2H3,(H,20,23)(H,21,24)/t9-/m1/s1. The number of carbonyl (C=O) groups is 2. The number of hydrogen-bond donors (Lipinski definition) is 2. The van der Waals surface area contributed by atoms with Gasteiger partial charge in [-0.2, -0.15) is 0 Å². The number of benzene rings is 1. The maximum Gasteiger partial charge on any atom is 0.261 e. The van der Waals surface area contributed by atoms with Crippen molar-refractivity contribution in [3.63, 3.8) is 0 Å². The van der Waals surface area contributed by atoms with Crippen LogP contribution in [0.3, 0.4) is 0 Å². The molecule has 0 saturated carbocycles. The number of fused-ring (bicyclic) bond motifs is 1. The summed E-state index contributed by atoms with van der Waals surface area (Å²) in [5.74, 6) is -0.112. The number of H-pyrrole nitrogens is 1. The number of nitrogens with one attached hydrogen (secondary N) is 2. The van der Waals surface area contributed by atoms with Crippen LogP contribution in [-0.2, 0) is 6.42 Å². The minimum absolute atomic E-state index is 0.0700. The molecule has 2 N–H and O–H groups in total. The number of carbonyl (C=O) groups excluding carboxylic acids is 2. The summed E-state index contributed by atoms with van der Waals surface area (Å²) in [4.78, 5) is 39.7. The van der Waals surface area contributed by atoms with Crippen molar-refractivity contribution < 1.29 is 14.3 Å². The molecule has 1 aliphatic rings. The monoisotopic (exact) mass is 360 g/mol. The Morgan fingerprint density at radius 3 is 2.76 bits per heavy atom. The molecule has 25 heavy (non-hydrogen) atoms. The first kappa shape index (κ1) is 17.2. The lowest BCUT2D eigenvalue weighted by atomic mass is 9.86. The van der Waals surface area contributed by atoms with E-state index < -0.39 is 11.5 Å². The molecule has 1 aromatic heterocycles. The highest BCUT2D eigenvalue weighted by Crippen LogP contribution is 2.28. The highest BCUT2D eigenvalue weighted by Gasteiger charge is 2.26. The first-order chi connectivity index (χ1) is 11.9. The number of amides is 1. The fourth-order valence-electron chi connectivity index (χ4n) is 2.96. The number of hydrogen-bond acceptors (Lipinski definition) is 4. The molecule has 0 bridgehead atoms. The van der Waals surface area contributed by atoms with E-state index in [1.807, 2.05) is 6.92 Å². The molecular weight excluding hydrogens is 344 g/mol. The van der Waals surface area contributed by atoms with Crippen LogP contribution in [0.5, 0.6) is 5.75 Å². The molecule has 7 heteroatoms. The predicted octanol–water partition coefficient (Wildman–Crippen LogP) is 3.05. The molecule has 1 heterocycles. The molecule has 0 aliphatic heterocycles. The minimum atomic E-state index is -0.629. The van der Waals surface area contributed by atoms with Crippen molar-refractivity contribution in [2.24, 2.45) is 5.92 Å². The van der Waals surface area contributed by atoms with Crippen LogP contribution in [0.1, 0.15) is 39.8 Å². The number of aromatic nitrogens is 1. The van der Waals surface area contributed by atoms with Gasteiger partial charge in [-0.1, -0.05) is 18.5 Å². The van der Waals surface area contributed by atoms with E-state index in [4.69, 9.17) is 16.3 Å². The van der Waals surface area contributed by atoms with Gasteiger partial charge in [-0.15, -0.1) is 0 Å². The summed E-state index contributed by atoms with van der Waals surface area (Å²) in [7, 11) is 1.46. The zero-order chi connectivity index (χ0) is 18.1. The topological polar surface area (TPSA) is 88.3 Å². The number of ether oxygens (including phenoxy) is 1. The zero-order valence-electron chi connectivity index (χ0n) is 13.8. The van der Waals surface area contributed by atoms with E-state index in [1.165, 1.54) is 19.2 Å². The smallest absolute Gasteiger partial charge is 0.261 e. The summed E-state index contributed by atoms with van der Waals surface area (Å²) in [5, 5.41) is 3.03. The summed E-state index contributed by atoms with van der Waals surface area (Å²) in [6.45, 7) is 1.95. The Kier molecular flexibility index (Phi) is 4.63. The molecule has 6 nitrogen and oxygen atoms in total. The summed E-state index contributed by atoms with van der Waals surface area (Å²) < 4.78 is 5.17. The van der Waals surface area contributed by atoms with Gasteiger partial charge in [-0.3, -0.25) is 14.4 Å². The molecular formula is C18H17ClN2O4. The summed E-state index contributed by atoms with van der Waals surface area (Å²) in [6.07, 6.45) is 1.02. The van der Waals surface area contributed by atoms with Crippen LogP contribution in [-0.4, -0.2) is 23.8 Å². The van der Waals surface area contributed by atoms with Crippen molar-refractivity contribution in [1.82, 2.24) is 4.98 Å². The molecule has 3 rings (SSSR count). The molecule has 1 aliphatic carbocycles. The second-order valence-electron chi connectivity index (χ2n) is 6.14. The second kappa shape index (κ2) is 6.72. The number of ketones is 1. The number of rotatable bonds is 3. The molecule has 130 valence electrons. The Balaban J connectivity index is 1.96. The third-order valence-corrected chi connectivity index (χ3v) is 4.40. The molecule has 0 spiro atoms. The number of aromatic amines is 1. The first-order valence-corrected chi connectivity index (χ1v) is 8.21. The average molecular weight is 361 g/mol. The Bertz CT molecular complexity index is 920. The van der Waals surface area contributed by atoms with Gasteiger partial charge in [0.1, 0.15) is 11.3 Å². The van der Waals surface area contributed by atoms with Gasteiger partial charge in [0.15, 0.2) is 5.78 Å². The Labute approximate surface area is 149 Å². The van der Waals surface area contributed by atoms with Gasteiger partial charge in [0, 0.05) is 22.7 Å². The summed E-state index contributed by atoms with van der Waals surface area (Å²) >= 11 is 5.94. The van der Waals surface area contributed by atoms with Crippen LogP contribution in [0.25, 0.3) is 0 Å². The van der Waals surface area contributed by atoms with E-state index in [1.54, 1.807) is 12.1 Å². The summed E-state index contributed by atoms with van der Waals surface area (Å²) in [5.41, 5.74) is 0.687. The maximum absolute atomic E-state index is 12.5. The largest absolute Gasteiger partial charge is 0.495 e. The van der Waals surface area contributed by atoms with Gasteiger partial charge in [-0.05, 0) is 36.6 Å². The van der Waals surface area contributed by atoms with Gasteiger partial charge in [-0.25, -0.2) is 0 Å². The molecule has 2 aromatic rings. The molecule has 1 atom stereocenters. The molecule has 1 aromatic carbocycles. The van der Waals surface area contributed by atoms with Crippen LogP contribution >= 0.6 is 11.6 Å². The fraction of sp³-hybridized carbons (Fsp3) is 0.278. The molecule has 0 radical (unpaired) electrons. The van der Waals surface area contributed by atoms with Crippen molar-refractivity contribution in [3.05, 3.63) is 56.5 Å². The van der Waals surface area contributed by atoms with Crippen LogP contribution in [0.15, 0.2) is 29.1 Å². The van der Waals surface area contributed by atoms with Crippen molar-refractivity contribution >= 4 is 29.0 Å².